The topological polar surface area (TPSA) is 36.3 Å². The normalized spacial score (nSPS) is 13.3. The molecule has 1 atom stereocenters. The number of hydrogen-bond acceptors (Lipinski definition) is 3. The average Bonchev–Trinajstić information content (AvgIpc) is 2.11. The summed E-state index contributed by atoms with van der Waals surface area (Å²) in [6.07, 6.45) is 0. The molecule has 0 aliphatic heterocycles. The molecule has 0 amide bonds. The van der Waals surface area contributed by atoms with E-state index in [1.54, 1.807) is 7.11 Å². The van der Waals surface area contributed by atoms with Crippen LogP contribution in [0.15, 0.2) is 0 Å². The second-order valence-electron chi connectivity index (χ2n) is 3.18. The van der Waals surface area contributed by atoms with Crippen LogP contribution in [0.3, 0.4) is 0 Å². The maximum absolute atomic E-state index is 8.55. The lowest BCUT2D eigenvalue weighted by molar-refractivity contribution is 0.132. The molecule has 0 aliphatic carbocycles. The lowest BCUT2D eigenvalue weighted by Crippen LogP contribution is -2.37. The number of nitrogens with zero attached hydrogens (tertiary/aromatic N) is 2. The summed E-state index contributed by atoms with van der Waals surface area (Å²) in [6, 6.07) is 2.40. The van der Waals surface area contributed by atoms with Gasteiger partial charge in [0.05, 0.1) is 12.7 Å². The lowest BCUT2D eigenvalue weighted by atomic mass is 10.3. The van der Waals surface area contributed by atoms with Crippen LogP contribution in [0.1, 0.15) is 13.8 Å². The van der Waals surface area contributed by atoms with Crippen molar-refractivity contribution in [3.05, 3.63) is 0 Å². The maximum atomic E-state index is 8.55. The molecular weight excluding hydrogens is 188 g/mol. The van der Waals surface area contributed by atoms with Gasteiger partial charge in [-0.2, -0.15) is 5.26 Å². The van der Waals surface area contributed by atoms with E-state index in [-0.39, 0.29) is 0 Å². The predicted molar refractivity (Wildman–Crippen MR) is 53.8 cm³/mol. The highest BCUT2D eigenvalue weighted by molar-refractivity contribution is 6.22. The van der Waals surface area contributed by atoms with E-state index in [0.29, 0.717) is 19.2 Å². The highest BCUT2D eigenvalue weighted by Gasteiger charge is 2.13. The van der Waals surface area contributed by atoms with E-state index in [0.717, 1.165) is 6.54 Å². The first-order valence-electron chi connectivity index (χ1n) is 4.38. The molecule has 0 aliphatic rings. The molecule has 0 bridgehead atoms. The Morgan fingerprint density at radius 1 is 1.54 bits per heavy atom. The quantitative estimate of drug-likeness (QED) is 0.615. The molecule has 0 rings (SSSR count). The molecule has 0 radical (unpaired) electrons. The number of nitriles is 1. The number of methoxy groups -OCH3 is 1. The van der Waals surface area contributed by atoms with Crippen molar-refractivity contribution >= 4 is 11.6 Å². The van der Waals surface area contributed by atoms with Crippen molar-refractivity contribution in [3.63, 3.8) is 0 Å². The zero-order valence-electron chi connectivity index (χ0n) is 8.46. The van der Waals surface area contributed by atoms with Crippen LogP contribution in [0.25, 0.3) is 0 Å². The van der Waals surface area contributed by atoms with Crippen LogP contribution >= 0.6 is 11.6 Å². The molecule has 76 valence electrons. The zero-order valence-corrected chi connectivity index (χ0v) is 9.21. The van der Waals surface area contributed by atoms with Crippen molar-refractivity contribution in [2.24, 2.45) is 0 Å². The summed E-state index contributed by atoms with van der Waals surface area (Å²) in [7, 11) is 1.67. The molecule has 0 fully saturated rings. The molecule has 4 heteroatoms. The number of rotatable bonds is 6. The fourth-order valence-corrected chi connectivity index (χ4v) is 1.19. The summed E-state index contributed by atoms with van der Waals surface area (Å²) >= 11 is 5.74. The Kier molecular flexibility index (Phi) is 6.97. The first-order valence-corrected chi connectivity index (χ1v) is 4.82. The number of halogens is 1. The van der Waals surface area contributed by atoms with Crippen molar-refractivity contribution in [2.45, 2.75) is 25.3 Å². The summed E-state index contributed by atoms with van der Waals surface area (Å²) in [5.41, 5.74) is 0. The summed E-state index contributed by atoms with van der Waals surface area (Å²) in [5.74, 6) is 0. The second-order valence-corrected chi connectivity index (χ2v) is 3.70. The SMILES string of the molecule is COCCN(CC(Cl)C#N)C(C)C. The number of alkyl halides is 1. The van der Waals surface area contributed by atoms with E-state index in [1.807, 2.05) is 6.07 Å². The van der Waals surface area contributed by atoms with Gasteiger partial charge >= 0.3 is 0 Å². The average molecular weight is 205 g/mol. The van der Waals surface area contributed by atoms with E-state index in [4.69, 9.17) is 21.6 Å². The van der Waals surface area contributed by atoms with Crippen molar-refractivity contribution < 1.29 is 4.74 Å². The van der Waals surface area contributed by atoms with Gasteiger partial charge in [0.15, 0.2) is 0 Å². The van der Waals surface area contributed by atoms with Crippen molar-refractivity contribution in [1.29, 1.82) is 5.26 Å². The van der Waals surface area contributed by atoms with Crippen molar-refractivity contribution in [3.8, 4) is 6.07 Å². The minimum Gasteiger partial charge on any atom is -0.383 e. The number of ether oxygens (including phenoxy) is 1. The minimum absolute atomic E-state index is 0.393. The van der Waals surface area contributed by atoms with Crippen LogP contribution < -0.4 is 0 Å². The lowest BCUT2D eigenvalue weighted by Gasteiger charge is -2.26. The largest absolute Gasteiger partial charge is 0.383 e. The Balaban J connectivity index is 3.88. The molecule has 0 spiro atoms. The number of hydrogen-bond donors (Lipinski definition) is 0. The molecule has 13 heavy (non-hydrogen) atoms. The Morgan fingerprint density at radius 3 is 2.54 bits per heavy atom. The summed E-state index contributed by atoms with van der Waals surface area (Å²) in [6.45, 7) is 6.25. The monoisotopic (exact) mass is 204 g/mol. The Labute approximate surface area is 85.2 Å². The predicted octanol–water partition coefficient (Wildman–Crippen LogP) is 1.47. The first kappa shape index (κ1) is 12.7. The summed E-state index contributed by atoms with van der Waals surface area (Å²) < 4.78 is 4.97. The van der Waals surface area contributed by atoms with Gasteiger partial charge in [-0.1, -0.05) is 0 Å². The molecule has 0 aromatic rings. The summed E-state index contributed by atoms with van der Waals surface area (Å²) in [4.78, 5) is 2.13. The Bertz CT molecular complexity index is 167. The van der Waals surface area contributed by atoms with Gasteiger partial charge in [0.1, 0.15) is 5.38 Å². The molecule has 3 nitrogen and oxygen atoms in total. The van der Waals surface area contributed by atoms with Gasteiger partial charge in [-0.3, -0.25) is 4.90 Å². The van der Waals surface area contributed by atoms with E-state index in [2.05, 4.69) is 18.7 Å². The van der Waals surface area contributed by atoms with Gasteiger partial charge in [-0.05, 0) is 13.8 Å². The molecule has 1 unspecified atom stereocenters. The van der Waals surface area contributed by atoms with Crippen LogP contribution in [0.4, 0.5) is 0 Å². The van der Waals surface area contributed by atoms with E-state index in [1.165, 1.54) is 0 Å². The van der Waals surface area contributed by atoms with Gasteiger partial charge in [-0.15, -0.1) is 11.6 Å². The fourth-order valence-electron chi connectivity index (χ4n) is 1.02. The maximum Gasteiger partial charge on any atom is 0.133 e. The van der Waals surface area contributed by atoms with E-state index in [9.17, 15) is 0 Å². The molecule has 0 aromatic carbocycles. The third kappa shape index (κ3) is 5.87. The van der Waals surface area contributed by atoms with Crippen LogP contribution in [0, 0.1) is 11.3 Å². The van der Waals surface area contributed by atoms with Crippen LogP contribution in [-0.4, -0.2) is 43.1 Å². The first-order chi connectivity index (χ1) is 6.11. The molecule has 0 aromatic heterocycles. The van der Waals surface area contributed by atoms with Crippen LogP contribution in [-0.2, 0) is 4.74 Å². The van der Waals surface area contributed by atoms with Gasteiger partial charge in [-0.25, -0.2) is 0 Å². The Morgan fingerprint density at radius 2 is 2.15 bits per heavy atom. The van der Waals surface area contributed by atoms with Crippen LogP contribution in [0.2, 0.25) is 0 Å². The van der Waals surface area contributed by atoms with Crippen molar-refractivity contribution in [1.82, 2.24) is 4.90 Å². The Hall–Kier alpha value is -0.300. The molecule has 0 N–H and O–H groups in total. The standard InChI is InChI=1S/C9H17ClN2O/c1-8(2)12(4-5-13-3)7-9(10)6-11/h8-9H,4-5,7H2,1-3H3. The van der Waals surface area contributed by atoms with Gasteiger partial charge in [0.2, 0.25) is 0 Å². The third-order valence-electron chi connectivity index (χ3n) is 1.85. The van der Waals surface area contributed by atoms with E-state index < -0.39 is 5.38 Å². The zero-order chi connectivity index (χ0) is 10.3. The van der Waals surface area contributed by atoms with Gasteiger partial charge in [0.25, 0.3) is 0 Å². The second kappa shape index (κ2) is 7.14. The van der Waals surface area contributed by atoms with Crippen molar-refractivity contribution in [2.75, 3.05) is 26.8 Å². The molecule has 0 saturated heterocycles. The third-order valence-corrected chi connectivity index (χ3v) is 2.08. The van der Waals surface area contributed by atoms with Gasteiger partial charge < -0.3 is 4.74 Å². The smallest absolute Gasteiger partial charge is 0.133 e. The highest BCUT2D eigenvalue weighted by atomic mass is 35.5. The molecular formula is C9H17ClN2O. The van der Waals surface area contributed by atoms with Gasteiger partial charge in [0, 0.05) is 26.2 Å². The highest BCUT2D eigenvalue weighted by Crippen LogP contribution is 2.03. The molecule has 0 saturated carbocycles. The van der Waals surface area contributed by atoms with E-state index >= 15 is 0 Å². The molecule has 0 heterocycles. The minimum atomic E-state index is -0.431. The fraction of sp³-hybridized carbons (Fsp3) is 0.889. The summed E-state index contributed by atoms with van der Waals surface area (Å²) in [5, 5.41) is 8.12. The van der Waals surface area contributed by atoms with Crippen LogP contribution in [0.5, 0.6) is 0 Å².